The molecule has 5 unspecified atom stereocenters. The lowest BCUT2D eigenvalue weighted by atomic mass is 9.81. The molecule has 0 aromatic heterocycles. The van der Waals surface area contributed by atoms with Crippen molar-refractivity contribution in [3.63, 3.8) is 0 Å². The molecule has 4 heterocycles. The van der Waals surface area contributed by atoms with Crippen molar-refractivity contribution >= 4 is 30.1 Å². The van der Waals surface area contributed by atoms with Crippen LogP contribution in [0.4, 0.5) is 0 Å². The van der Waals surface area contributed by atoms with Crippen LogP contribution in [0, 0.1) is 11.8 Å². The third-order valence-corrected chi connectivity index (χ3v) is 5.93. The van der Waals surface area contributed by atoms with Crippen LogP contribution in [0.3, 0.4) is 0 Å². The van der Waals surface area contributed by atoms with Gasteiger partial charge in [-0.15, -0.1) is 12.4 Å². The summed E-state index contributed by atoms with van der Waals surface area (Å²) >= 11 is 0. The molecule has 0 aromatic carbocycles. The summed E-state index contributed by atoms with van der Waals surface area (Å²) in [5.74, 6) is -1.22. The molecule has 5 atom stereocenters. The van der Waals surface area contributed by atoms with Crippen molar-refractivity contribution in [2.45, 2.75) is 50.9 Å². The molecular formula is C17H26ClN3O4. The van der Waals surface area contributed by atoms with Gasteiger partial charge in [0.25, 0.3) is 0 Å². The summed E-state index contributed by atoms with van der Waals surface area (Å²) in [6.07, 6.45) is 3.25. The van der Waals surface area contributed by atoms with Crippen molar-refractivity contribution in [1.82, 2.24) is 15.1 Å². The van der Waals surface area contributed by atoms with E-state index < -0.39 is 0 Å². The maximum Gasteiger partial charge on any atom is 0.243 e. The lowest BCUT2D eigenvalue weighted by Crippen LogP contribution is -2.48. The minimum Gasteiger partial charge on any atom is -0.373 e. The Morgan fingerprint density at radius 2 is 1.84 bits per heavy atom. The molecule has 0 radical (unpaired) electrons. The number of fused-ring (bicyclic) bond motifs is 5. The molecular weight excluding hydrogens is 346 g/mol. The molecule has 0 spiro atoms. The zero-order valence-corrected chi connectivity index (χ0v) is 15.3. The SMILES string of the molecule is CCCN(C(=O)CN1C(=O)C2C3CCC(O3)C2C1=O)C1CCNC1.Cl. The largest absolute Gasteiger partial charge is 0.373 e. The van der Waals surface area contributed by atoms with E-state index in [9.17, 15) is 14.4 Å². The van der Waals surface area contributed by atoms with Crippen LogP contribution < -0.4 is 5.32 Å². The standard InChI is InChI=1S/C17H25N3O4.ClH/c1-2-7-19(10-5-6-18-8-10)13(21)9-20-16(22)14-11-3-4-12(24-11)15(14)17(20)23;/h10-12,14-15,18H,2-9H2,1H3;1H. The Hall–Kier alpha value is -1.18. The summed E-state index contributed by atoms with van der Waals surface area (Å²) in [5, 5.41) is 3.27. The average Bonchev–Trinajstić information content (AvgIpc) is 3.34. The number of nitrogens with zero attached hydrogens (tertiary/aromatic N) is 2. The van der Waals surface area contributed by atoms with Crippen LogP contribution in [0.5, 0.6) is 0 Å². The molecule has 4 saturated heterocycles. The predicted molar refractivity (Wildman–Crippen MR) is 92.1 cm³/mol. The van der Waals surface area contributed by atoms with E-state index in [2.05, 4.69) is 5.32 Å². The van der Waals surface area contributed by atoms with Crippen molar-refractivity contribution < 1.29 is 19.1 Å². The number of nitrogens with one attached hydrogen (secondary N) is 1. The van der Waals surface area contributed by atoms with E-state index in [0.29, 0.717) is 6.54 Å². The summed E-state index contributed by atoms with van der Waals surface area (Å²) in [7, 11) is 0. The molecule has 0 aliphatic carbocycles. The first kappa shape index (κ1) is 18.6. The molecule has 140 valence electrons. The topological polar surface area (TPSA) is 79.0 Å². The Morgan fingerprint density at radius 1 is 1.20 bits per heavy atom. The van der Waals surface area contributed by atoms with Crippen LogP contribution in [-0.2, 0) is 19.1 Å². The van der Waals surface area contributed by atoms with Gasteiger partial charge in [0.15, 0.2) is 0 Å². The van der Waals surface area contributed by atoms with Crippen LogP contribution in [-0.4, -0.2) is 72.0 Å². The van der Waals surface area contributed by atoms with Crippen molar-refractivity contribution in [3.05, 3.63) is 0 Å². The Labute approximate surface area is 153 Å². The zero-order valence-electron chi connectivity index (χ0n) is 14.5. The highest BCUT2D eigenvalue weighted by atomic mass is 35.5. The number of amides is 3. The van der Waals surface area contributed by atoms with E-state index in [4.69, 9.17) is 4.74 Å². The molecule has 4 fully saturated rings. The second-order valence-electron chi connectivity index (χ2n) is 7.34. The Bertz CT molecular complexity index is 538. The van der Waals surface area contributed by atoms with Gasteiger partial charge >= 0.3 is 0 Å². The third kappa shape index (κ3) is 2.96. The van der Waals surface area contributed by atoms with Crippen molar-refractivity contribution in [3.8, 4) is 0 Å². The third-order valence-electron chi connectivity index (χ3n) is 5.93. The van der Waals surface area contributed by atoms with Gasteiger partial charge in [-0.1, -0.05) is 6.92 Å². The highest BCUT2D eigenvalue weighted by Crippen LogP contribution is 2.48. The summed E-state index contributed by atoms with van der Waals surface area (Å²) in [5.41, 5.74) is 0. The normalized spacial score (nSPS) is 35.9. The second-order valence-corrected chi connectivity index (χ2v) is 7.34. The van der Waals surface area contributed by atoms with E-state index in [1.54, 1.807) is 0 Å². The second kappa shape index (κ2) is 7.21. The summed E-state index contributed by atoms with van der Waals surface area (Å²) < 4.78 is 5.73. The number of hydrogen-bond donors (Lipinski definition) is 1. The monoisotopic (exact) mass is 371 g/mol. The Morgan fingerprint density at radius 3 is 2.36 bits per heavy atom. The number of halogens is 1. The number of carbonyl (C=O) groups excluding carboxylic acids is 3. The summed E-state index contributed by atoms with van der Waals surface area (Å²) in [4.78, 5) is 41.2. The summed E-state index contributed by atoms with van der Waals surface area (Å²) in [6, 6.07) is 0.171. The molecule has 4 aliphatic rings. The molecule has 3 amide bonds. The fourth-order valence-corrected chi connectivity index (χ4v) is 4.81. The van der Waals surface area contributed by atoms with Crippen molar-refractivity contribution in [2.24, 2.45) is 11.8 Å². The van der Waals surface area contributed by atoms with Crippen LogP contribution >= 0.6 is 12.4 Å². The van der Waals surface area contributed by atoms with Gasteiger partial charge in [0, 0.05) is 19.1 Å². The van der Waals surface area contributed by atoms with E-state index in [0.717, 1.165) is 38.8 Å². The van der Waals surface area contributed by atoms with Gasteiger partial charge in [0.2, 0.25) is 17.7 Å². The van der Waals surface area contributed by atoms with Gasteiger partial charge in [-0.2, -0.15) is 0 Å². The number of rotatable bonds is 5. The fourth-order valence-electron chi connectivity index (χ4n) is 4.81. The predicted octanol–water partition coefficient (Wildman–Crippen LogP) is 0.171. The number of imide groups is 1. The van der Waals surface area contributed by atoms with E-state index in [1.807, 2.05) is 11.8 Å². The molecule has 7 nitrogen and oxygen atoms in total. The van der Waals surface area contributed by atoms with Crippen LogP contribution in [0.25, 0.3) is 0 Å². The van der Waals surface area contributed by atoms with E-state index in [1.165, 1.54) is 4.90 Å². The number of ether oxygens (including phenoxy) is 1. The maximum atomic E-state index is 12.8. The van der Waals surface area contributed by atoms with Crippen LogP contribution in [0.1, 0.15) is 32.6 Å². The minimum absolute atomic E-state index is 0. The molecule has 0 aromatic rings. The molecule has 0 saturated carbocycles. The molecule has 4 rings (SSSR count). The Kier molecular flexibility index (Phi) is 5.37. The Balaban J connectivity index is 0.00000182. The van der Waals surface area contributed by atoms with Gasteiger partial charge in [-0.25, -0.2) is 0 Å². The van der Waals surface area contributed by atoms with E-state index >= 15 is 0 Å². The molecule has 2 bridgehead atoms. The first-order valence-electron chi connectivity index (χ1n) is 9.12. The van der Waals surface area contributed by atoms with Crippen LogP contribution in [0.15, 0.2) is 0 Å². The minimum atomic E-state index is -0.350. The highest BCUT2D eigenvalue weighted by molar-refractivity contribution is 6.08. The van der Waals surface area contributed by atoms with Crippen molar-refractivity contribution in [1.29, 1.82) is 0 Å². The molecule has 4 aliphatic heterocycles. The van der Waals surface area contributed by atoms with Gasteiger partial charge in [-0.3, -0.25) is 19.3 Å². The summed E-state index contributed by atoms with van der Waals surface area (Å²) in [6.45, 7) is 4.29. The maximum absolute atomic E-state index is 12.8. The highest BCUT2D eigenvalue weighted by Gasteiger charge is 2.62. The molecule has 1 N–H and O–H groups in total. The number of carbonyl (C=O) groups is 3. The quantitative estimate of drug-likeness (QED) is 0.697. The number of hydrogen-bond acceptors (Lipinski definition) is 5. The lowest BCUT2D eigenvalue weighted by Gasteiger charge is -2.30. The fraction of sp³-hybridized carbons (Fsp3) is 0.824. The number of likely N-dealkylation sites (tertiary alicyclic amines) is 1. The average molecular weight is 372 g/mol. The lowest BCUT2D eigenvalue weighted by molar-refractivity contribution is -0.149. The van der Waals surface area contributed by atoms with Crippen LogP contribution in [0.2, 0.25) is 0 Å². The van der Waals surface area contributed by atoms with Gasteiger partial charge in [-0.05, 0) is 32.2 Å². The van der Waals surface area contributed by atoms with E-state index in [-0.39, 0.29) is 66.8 Å². The molecule has 8 heteroatoms. The zero-order chi connectivity index (χ0) is 16.8. The first-order valence-corrected chi connectivity index (χ1v) is 9.12. The van der Waals surface area contributed by atoms with Gasteiger partial charge in [0.1, 0.15) is 6.54 Å². The first-order chi connectivity index (χ1) is 11.6. The van der Waals surface area contributed by atoms with Gasteiger partial charge in [0.05, 0.1) is 24.0 Å². The molecule has 25 heavy (non-hydrogen) atoms. The van der Waals surface area contributed by atoms with Crippen molar-refractivity contribution in [2.75, 3.05) is 26.2 Å². The smallest absolute Gasteiger partial charge is 0.243 e. The van der Waals surface area contributed by atoms with Gasteiger partial charge < -0.3 is 15.0 Å².